The first-order valence-corrected chi connectivity index (χ1v) is 17.1. The van der Waals surface area contributed by atoms with Crippen molar-refractivity contribution < 1.29 is 19.1 Å². The summed E-state index contributed by atoms with van der Waals surface area (Å²) in [6.07, 6.45) is 32.3. The van der Waals surface area contributed by atoms with Crippen molar-refractivity contribution in [1.82, 2.24) is 19.1 Å². The van der Waals surface area contributed by atoms with E-state index >= 15 is 0 Å². The molecule has 0 aromatic carbocycles. The van der Waals surface area contributed by atoms with Gasteiger partial charge in [-0.1, -0.05) is 142 Å². The van der Waals surface area contributed by atoms with E-state index in [9.17, 15) is 9.59 Å². The molecule has 8 nitrogen and oxygen atoms in total. The minimum atomic E-state index is -0.515. The summed E-state index contributed by atoms with van der Waals surface area (Å²) in [5, 5.41) is 0. The Hall–Kier alpha value is -2.64. The van der Waals surface area contributed by atoms with Crippen molar-refractivity contribution in [3.05, 3.63) is 24.8 Å². The van der Waals surface area contributed by atoms with Crippen molar-refractivity contribution in [3.63, 3.8) is 0 Å². The Bertz CT molecular complexity index is 879. The third kappa shape index (κ3) is 15.0. The quantitative estimate of drug-likeness (QED) is 0.108. The number of hydrogen-bond donors (Lipinski definition) is 0. The lowest BCUT2D eigenvalue weighted by Gasteiger charge is -2.10. The summed E-state index contributed by atoms with van der Waals surface area (Å²) in [5.74, 6) is 0.520. The number of carbonyl (C=O) groups excluding carboxylic acids is 2. The average molecular weight is 587 g/mol. The Balaban J connectivity index is 1.61. The Kier molecular flexibility index (Phi) is 20.2. The Morgan fingerprint density at radius 3 is 1.10 bits per heavy atom. The van der Waals surface area contributed by atoms with E-state index in [1.54, 1.807) is 0 Å². The maximum Gasteiger partial charge on any atom is 0.419 e. The molecular weight excluding hydrogens is 528 g/mol. The minimum Gasteiger partial charge on any atom is -0.449 e. The maximum absolute atomic E-state index is 12.7. The lowest BCUT2D eigenvalue weighted by Crippen LogP contribution is -2.19. The summed E-state index contributed by atoms with van der Waals surface area (Å²) >= 11 is 0. The van der Waals surface area contributed by atoms with Crippen molar-refractivity contribution in [2.75, 3.05) is 13.2 Å². The molecule has 8 heteroatoms. The summed E-state index contributed by atoms with van der Waals surface area (Å²) in [4.78, 5) is 34.0. The van der Waals surface area contributed by atoms with Gasteiger partial charge in [0.15, 0.2) is 11.6 Å². The molecule has 238 valence electrons. The molecule has 0 spiro atoms. The molecule has 0 aliphatic rings. The van der Waals surface area contributed by atoms with Gasteiger partial charge in [-0.3, -0.25) is 0 Å². The lowest BCUT2D eigenvalue weighted by molar-refractivity contribution is 0.143. The van der Waals surface area contributed by atoms with E-state index < -0.39 is 12.2 Å². The van der Waals surface area contributed by atoms with Crippen molar-refractivity contribution in [3.8, 4) is 11.6 Å². The Morgan fingerprint density at radius 1 is 0.500 bits per heavy atom. The highest BCUT2D eigenvalue weighted by molar-refractivity contribution is 5.79. The smallest absolute Gasteiger partial charge is 0.419 e. The maximum atomic E-state index is 12.7. The second kappa shape index (κ2) is 23.9. The number of unbranched alkanes of at least 4 members (excludes halogenated alkanes) is 20. The highest BCUT2D eigenvalue weighted by atomic mass is 16.6. The molecule has 0 saturated carbocycles. The van der Waals surface area contributed by atoms with E-state index in [0.29, 0.717) is 13.2 Å². The zero-order chi connectivity index (χ0) is 30.1. The number of hydrogen-bond acceptors (Lipinski definition) is 6. The summed E-state index contributed by atoms with van der Waals surface area (Å²) in [6.45, 7) is 5.23. The summed E-state index contributed by atoms with van der Waals surface area (Å²) in [7, 11) is 0. The van der Waals surface area contributed by atoms with Crippen LogP contribution < -0.4 is 0 Å². The molecule has 0 bridgehead atoms. The first kappa shape index (κ1) is 35.6. The largest absolute Gasteiger partial charge is 0.449 e. The molecule has 0 atom stereocenters. The predicted molar refractivity (Wildman–Crippen MR) is 170 cm³/mol. The van der Waals surface area contributed by atoms with E-state index in [0.717, 1.165) is 25.7 Å². The second-order valence-corrected chi connectivity index (χ2v) is 11.5. The summed E-state index contributed by atoms with van der Waals surface area (Å²) < 4.78 is 13.6. The molecule has 2 heterocycles. The van der Waals surface area contributed by atoms with Crippen molar-refractivity contribution >= 4 is 12.2 Å². The van der Waals surface area contributed by atoms with E-state index in [4.69, 9.17) is 9.47 Å². The highest BCUT2D eigenvalue weighted by Crippen LogP contribution is 2.18. The summed E-state index contributed by atoms with van der Waals surface area (Å²) in [6, 6.07) is 0. The molecule has 42 heavy (non-hydrogen) atoms. The van der Waals surface area contributed by atoms with Crippen LogP contribution in [0.4, 0.5) is 9.59 Å². The highest BCUT2D eigenvalue weighted by Gasteiger charge is 2.21. The molecule has 0 radical (unpaired) electrons. The van der Waals surface area contributed by atoms with Gasteiger partial charge in [0.2, 0.25) is 0 Å². The van der Waals surface area contributed by atoms with Crippen LogP contribution in [0, 0.1) is 0 Å². The predicted octanol–water partition coefficient (Wildman–Crippen LogP) is 10.3. The molecule has 0 unspecified atom stereocenters. The fourth-order valence-electron chi connectivity index (χ4n) is 5.22. The van der Waals surface area contributed by atoms with E-state index in [-0.39, 0.29) is 11.6 Å². The van der Waals surface area contributed by atoms with Gasteiger partial charge in [0, 0.05) is 24.8 Å². The second-order valence-electron chi connectivity index (χ2n) is 11.5. The molecule has 2 aromatic rings. The van der Waals surface area contributed by atoms with Gasteiger partial charge in [-0.15, -0.1) is 0 Å². The van der Waals surface area contributed by atoms with E-state index in [1.807, 2.05) is 0 Å². The average Bonchev–Trinajstić information content (AvgIpc) is 3.68. The minimum absolute atomic E-state index is 0.260. The van der Waals surface area contributed by atoms with Crippen LogP contribution in [-0.4, -0.2) is 44.5 Å². The number of ether oxygens (including phenoxy) is 2. The molecule has 2 aromatic heterocycles. The Labute approximate surface area is 255 Å². The van der Waals surface area contributed by atoms with Crippen LogP contribution in [0.1, 0.15) is 155 Å². The van der Waals surface area contributed by atoms with Gasteiger partial charge < -0.3 is 9.47 Å². The van der Waals surface area contributed by atoms with Gasteiger partial charge in [0.1, 0.15) is 0 Å². The first-order valence-electron chi connectivity index (χ1n) is 17.1. The van der Waals surface area contributed by atoms with Crippen LogP contribution in [-0.2, 0) is 9.47 Å². The molecule has 0 N–H and O–H groups in total. The zero-order valence-corrected chi connectivity index (χ0v) is 26.7. The van der Waals surface area contributed by atoms with Gasteiger partial charge in [-0.2, -0.15) is 0 Å². The monoisotopic (exact) mass is 586 g/mol. The molecule has 0 amide bonds. The van der Waals surface area contributed by atoms with Crippen molar-refractivity contribution in [2.24, 2.45) is 0 Å². The van der Waals surface area contributed by atoms with Crippen LogP contribution in [0.2, 0.25) is 0 Å². The topological polar surface area (TPSA) is 88.2 Å². The molecule has 2 rings (SSSR count). The van der Waals surface area contributed by atoms with Gasteiger partial charge in [-0.05, 0) is 12.8 Å². The van der Waals surface area contributed by atoms with Crippen molar-refractivity contribution in [2.45, 2.75) is 155 Å². The molecule has 0 aliphatic heterocycles. The normalized spacial score (nSPS) is 11.2. The van der Waals surface area contributed by atoms with Crippen molar-refractivity contribution in [1.29, 1.82) is 0 Å². The number of carbonyl (C=O) groups is 2. The van der Waals surface area contributed by atoms with Crippen LogP contribution >= 0.6 is 0 Å². The van der Waals surface area contributed by atoms with Crippen LogP contribution in [0.25, 0.3) is 11.6 Å². The van der Waals surface area contributed by atoms with Crippen LogP contribution in [0.15, 0.2) is 24.8 Å². The van der Waals surface area contributed by atoms with Gasteiger partial charge in [0.05, 0.1) is 13.2 Å². The fourth-order valence-corrected chi connectivity index (χ4v) is 5.22. The van der Waals surface area contributed by atoms with Gasteiger partial charge in [-0.25, -0.2) is 28.7 Å². The standard InChI is InChI=1S/C34H58N4O4/c1-3-5-7-9-11-13-15-17-19-21-23-29-41-33(39)37-27-25-35-31(37)32-36-26-28-38(32)34(40)42-30-24-22-20-18-16-14-12-10-8-6-4-2/h25-28H,3-24,29-30H2,1-2H3. The van der Waals surface area contributed by atoms with Gasteiger partial charge >= 0.3 is 12.2 Å². The fraction of sp³-hybridized carbons (Fsp3) is 0.765. The zero-order valence-electron chi connectivity index (χ0n) is 26.7. The first-order chi connectivity index (χ1) is 20.7. The van der Waals surface area contributed by atoms with Gasteiger partial charge in [0.25, 0.3) is 0 Å². The van der Waals surface area contributed by atoms with E-state index in [2.05, 4.69) is 23.8 Å². The number of rotatable bonds is 25. The third-order valence-electron chi connectivity index (χ3n) is 7.82. The number of nitrogens with zero attached hydrogens (tertiary/aromatic N) is 4. The van der Waals surface area contributed by atoms with E-state index in [1.165, 1.54) is 149 Å². The lowest BCUT2D eigenvalue weighted by atomic mass is 10.1. The number of imidazole rings is 2. The van der Waals surface area contributed by atoms with Crippen LogP contribution in [0.5, 0.6) is 0 Å². The Morgan fingerprint density at radius 2 is 0.786 bits per heavy atom. The molecule has 0 fully saturated rings. The molecule has 0 saturated heterocycles. The third-order valence-corrected chi connectivity index (χ3v) is 7.82. The van der Waals surface area contributed by atoms with Crippen LogP contribution in [0.3, 0.4) is 0 Å². The summed E-state index contributed by atoms with van der Waals surface area (Å²) in [5.41, 5.74) is 0. The SMILES string of the molecule is CCCCCCCCCCCCCOC(=O)n1ccnc1-c1nccn1C(=O)OCCCCCCCCCCCCC. The molecular formula is C34H58N4O4. The number of aromatic nitrogens is 4. The molecule has 0 aliphatic carbocycles.